The van der Waals surface area contributed by atoms with Crippen LogP contribution in [0.3, 0.4) is 0 Å². The third-order valence-electron chi connectivity index (χ3n) is 6.33. The quantitative estimate of drug-likeness (QED) is 0.355. The monoisotopic (exact) mass is 515 g/mol. The third-order valence-corrected chi connectivity index (χ3v) is 6.73. The SMILES string of the molecule is COc1cc2ncnc(N3CCN(C(=S)NCc4ccc(Oc5ccccc5)cc4)CC3)c2cc1OC. The lowest BCUT2D eigenvalue weighted by atomic mass is 10.2. The predicted molar refractivity (Wildman–Crippen MR) is 149 cm³/mol. The Balaban J connectivity index is 1.16. The van der Waals surface area contributed by atoms with Crippen molar-refractivity contribution in [3.05, 3.63) is 78.6 Å². The van der Waals surface area contributed by atoms with Gasteiger partial charge in [-0.3, -0.25) is 0 Å². The highest BCUT2D eigenvalue weighted by molar-refractivity contribution is 7.80. The number of nitrogens with zero attached hydrogens (tertiary/aromatic N) is 4. The van der Waals surface area contributed by atoms with E-state index in [-0.39, 0.29) is 0 Å². The standard InChI is InChI=1S/C28H29N5O3S/c1-34-25-16-23-24(17-26(25)35-2)30-19-31-27(23)32-12-14-33(15-13-32)28(37)29-18-20-8-10-22(11-9-20)36-21-6-4-3-5-7-21/h3-11,16-17,19H,12-15,18H2,1-2H3,(H,29,37). The third kappa shape index (κ3) is 5.67. The van der Waals surface area contributed by atoms with Crippen LogP contribution in [0.25, 0.3) is 10.9 Å². The highest BCUT2D eigenvalue weighted by Crippen LogP contribution is 2.35. The van der Waals surface area contributed by atoms with Crippen LogP contribution in [0.5, 0.6) is 23.0 Å². The van der Waals surface area contributed by atoms with Crippen molar-refractivity contribution in [2.75, 3.05) is 45.3 Å². The fraction of sp³-hybridized carbons (Fsp3) is 0.250. The zero-order valence-corrected chi connectivity index (χ0v) is 21.7. The second-order valence-electron chi connectivity index (χ2n) is 8.61. The van der Waals surface area contributed by atoms with Crippen LogP contribution in [0, 0.1) is 0 Å². The van der Waals surface area contributed by atoms with E-state index in [0.717, 1.165) is 65.1 Å². The number of hydrogen-bond acceptors (Lipinski definition) is 7. The normalized spacial score (nSPS) is 13.4. The molecule has 1 aromatic heterocycles. The highest BCUT2D eigenvalue weighted by atomic mass is 32.1. The van der Waals surface area contributed by atoms with Gasteiger partial charge in [0.15, 0.2) is 16.6 Å². The minimum absolute atomic E-state index is 0.652. The highest BCUT2D eigenvalue weighted by Gasteiger charge is 2.22. The van der Waals surface area contributed by atoms with Crippen LogP contribution in [0.4, 0.5) is 5.82 Å². The molecule has 190 valence electrons. The Morgan fingerprint density at radius 2 is 1.54 bits per heavy atom. The maximum absolute atomic E-state index is 5.87. The van der Waals surface area contributed by atoms with Gasteiger partial charge in [0.2, 0.25) is 0 Å². The van der Waals surface area contributed by atoms with E-state index < -0.39 is 0 Å². The molecule has 3 aromatic carbocycles. The van der Waals surface area contributed by atoms with E-state index in [0.29, 0.717) is 18.0 Å². The van der Waals surface area contributed by atoms with Gasteiger partial charge in [-0.25, -0.2) is 9.97 Å². The summed E-state index contributed by atoms with van der Waals surface area (Å²) in [6.07, 6.45) is 1.60. The van der Waals surface area contributed by atoms with Gasteiger partial charge >= 0.3 is 0 Å². The molecular formula is C28H29N5O3S. The van der Waals surface area contributed by atoms with Crippen molar-refractivity contribution >= 4 is 34.1 Å². The molecule has 0 amide bonds. The second-order valence-corrected chi connectivity index (χ2v) is 9.00. The fourth-order valence-corrected chi connectivity index (χ4v) is 4.59. The molecule has 0 spiro atoms. The number of nitrogens with one attached hydrogen (secondary N) is 1. The summed E-state index contributed by atoms with van der Waals surface area (Å²) in [5.41, 5.74) is 1.96. The van der Waals surface area contributed by atoms with E-state index in [2.05, 4.69) is 37.2 Å². The first-order valence-corrected chi connectivity index (χ1v) is 12.5. The van der Waals surface area contributed by atoms with Gasteiger partial charge in [-0.05, 0) is 48.1 Å². The molecule has 9 heteroatoms. The van der Waals surface area contributed by atoms with Crippen LogP contribution in [-0.2, 0) is 6.54 Å². The molecule has 1 aliphatic rings. The zero-order chi connectivity index (χ0) is 25.6. The topological polar surface area (TPSA) is 72.0 Å². The lowest BCUT2D eigenvalue weighted by Crippen LogP contribution is -2.51. The van der Waals surface area contributed by atoms with Gasteiger partial charge in [0, 0.05) is 44.2 Å². The first-order chi connectivity index (χ1) is 18.1. The smallest absolute Gasteiger partial charge is 0.169 e. The molecule has 0 bridgehead atoms. The maximum atomic E-state index is 5.87. The lowest BCUT2D eigenvalue weighted by Gasteiger charge is -2.37. The summed E-state index contributed by atoms with van der Waals surface area (Å²) >= 11 is 5.69. The number of para-hydroxylation sites is 1. The number of hydrogen-bond donors (Lipinski definition) is 1. The minimum Gasteiger partial charge on any atom is -0.493 e. The molecule has 1 aliphatic heterocycles. The van der Waals surface area contributed by atoms with E-state index >= 15 is 0 Å². The molecule has 1 saturated heterocycles. The molecule has 5 rings (SSSR count). The van der Waals surface area contributed by atoms with Crippen molar-refractivity contribution in [2.24, 2.45) is 0 Å². The molecule has 4 aromatic rings. The van der Waals surface area contributed by atoms with Crippen molar-refractivity contribution in [3.8, 4) is 23.0 Å². The van der Waals surface area contributed by atoms with E-state index in [9.17, 15) is 0 Å². The van der Waals surface area contributed by atoms with Gasteiger partial charge in [-0.2, -0.15) is 0 Å². The molecule has 1 fully saturated rings. The van der Waals surface area contributed by atoms with Crippen LogP contribution in [0.15, 0.2) is 73.1 Å². The summed E-state index contributed by atoms with van der Waals surface area (Å²) < 4.78 is 16.8. The van der Waals surface area contributed by atoms with Crippen LogP contribution in [0.2, 0.25) is 0 Å². The Morgan fingerprint density at radius 1 is 0.865 bits per heavy atom. The van der Waals surface area contributed by atoms with Crippen LogP contribution >= 0.6 is 12.2 Å². The van der Waals surface area contributed by atoms with E-state index in [1.807, 2.05) is 54.6 Å². The number of ether oxygens (including phenoxy) is 3. The number of fused-ring (bicyclic) bond motifs is 1. The van der Waals surface area contributed by atoms with Gasteiger partial charge in [0.1, 0.15) is 23.6 Å². The Morgan fingerprint density at radius 3 is 2.24 bits per heavy atom. The Hall–Kier alpha value is -4.11. The molecule has 1 N–H and O–H groups in total. The number of piperazine rings is 1. The van der Waals surface area contributed by atoms with Gasteiger partial charge in [0.05, 0.1) is 19.7 Å². The first-order valence-electron chi connectivity index (χ1n) is 12.1. The summed E-state index contributed by atoms with van der Waals surface area (Å²) in [4.78, 5) is 13.5. The largest absolute Gasteiger partial charge is 0.493 e. The number of anilines is 1. The van der Waals surface area contributed by atoms with Crippen LogP contribution < -0.4 is 24.4 Å². The summed E-state index contributed by atoms with van der Waals surface area (Å²) in [5, 5.41) is 5.08. The van der Waals surface area contributed by atoms with E-state index in [4.69, 9.17) is 26.4 Å². The molecule has 0 aliphatic carbocycles. The number of thiocarbonyl (C=S) groups is 1. The fourth-order valence-electron chi connectivity index (χ4n) is 4.33. The van der Waals surface area contributed by atoms with Gasteiger partial charge in [0.25, 0.3) is 0 Å². The summed E-state index contributed by atoms with van der Waals surface area (Å²) in [7, 11) is 3.25. The average molecular weight is 516 g/mol. The molecule has 8 nitrogen and oxygen atoms in total. The molecular weight excluding hydrogens is 486 g/mol. The maximum Gasteiger partial charge on any atom is 0.169 e. The van der Waals surface area contributed by atoms with Gasteiger partial charge in [-0.15, -0.1) is 0 Å². The molecule has 37 heavy (non-hydrogen) atoms. The van der Waals surface area contributed by atoms with E-state index in [1.165, 1.54) is 0 Å². The Kier molecular flexibility index (Phi) is 7.51. The average Bonchev–Trinajstić information content (AvgIpc) is 2.96. The Bertz CT molecular complexity index is 1360. The van der Waals surface area contributed by atoms with Crippen molar-refractivity contribution < 1.29 is 14.2 Å². The van der Waals surface area contributed by atoms with Gasteiger partial charge < -0.3 is 29.3 Å². The van der Waals surface area contributed by atoms with Crippen molar-refractivity contribution in [1.82, 2.24) is 20.2 Å². The minimum atomic E-state index is 0.652. The molecule has 2 heterocycles. The Labute approximate surface area is 221 Å². The predicted octanol–water partition coefficient (Wildman–Crippen LogP) is 4.64. The van der Waals surface area contributed by atoms with Crippen molar-refractivity contribution in [2.45, 2.75) is 6.54 Å². The lowest BCUT2D eigenvalue weighted by molar-refractivity contribution is 0.355. The number of rotatable bonds is 7. The summed E-state index contributed by atoms with van der Waals surface area (Å²) in [6.45, 7) is 3.85. The number of methoxy groups -OCH3 is 2. The van der Waals surface area contributed by atoms with E-state index in [1.54, 1.807) is 20.5 Å². The zero-order valence-electron chi connectivity index (χ0n) is 20.9. The second kappa shape index (κ2) is 11.3. The molecule has 0 unspecified atom stereocenters. The molecule has 0 saturated carbocycles. The van der Waals surface area contributed by atoms with Crippen molar-refractivity contribution in [1.29, 1.82) is 0 Å². The molecule has 0 radical (unpaired) electrons. The van der Waals surface area contributed by atoms with Gasteiger partial charge in [-0.1, -0.05) is 30.3 Å². The summed E-state index contributed by atoms with van der Waals surface area (Å²) in [5.74, 6) is 3.83. The number of benzene rings is 3. The van der Waals surface area contributed by atoms with Crippen LogP contribution in [-0.4, -0.2) is 60.4 Å². The molecule has 0 atom stereocenters. The summed E-state index contributed by atoms with van der Waals surface area (Å²) in [6, 6.07) is 21.6. The van der Waals surface area contributed by atoms with Crippen LogP contribution in [0.1, 0.15) is 5.56 Å². The van der Waals surface area contributed by atoms with Crippen molar-refractivity contribution in [3.63, 3.8) is 0 Å². The first kappa shape index (κ1) is 24.6. The number of aromatic nitrogens is 2.